The topological polar surface area (TPSA) is 121 Å². The molecule has 1 aromatic rings. The van der Waals surface area contributed by atoms with Crippen molar-refractivity contribution in [1.82, 2.24) is 15.6 Å². The third-order valence-electron chi connectivity index (χ3n) is 3.08. The maximum Gasteiger partial charge on any atom is 0.327 e. The van der Waals surface area contributed by atoms with Crippen molar-refractivity contribution in [2.45, 2.75) is 37.9 Å². The molecule has 2 rings (SSSR count). The molecule has 2 heterocycles. The molecular weight excluding hydrogens is 368 g/mol. The van der Waals surface area contributed by atoms with Crippen molar-refractivity contribution in [1.29, 1.82) is 0 Å². The average molecular weight is 388 g/mol. The van der Waals surface area contributed by atoms with E-state index >= 15 is 0 Å². The minimum absolute atomic E-state index is 0.141. The molecule has 2 unspecified atom stereocenters. The molecule has 25 heavy (non-hydrogen) atoms. The van der Waals surface area contributed by atoms with Crippen LogP contribution in [0.4, 0.5) is 5.13 Å². The monoisotopic (exact) mass is 388 g/mol. The first kappa shape index (κ1) is 19.6. The Morgan fingerprint density at radius 3 is 2.80 bits per heavy atom. The number of carbonyl (C=O) groups excluding carboxylic acids is 2. The van der Waals surface area contributed by atoms with Gasteiger partial charge in [0, 0.05) is 5.38 Å². The van der Waals surface area contributed by atoms with Gasteiger partial charge in [-0.2, -0.15) is 0 Å². The zero-order chi connectivity index (χ0) is 18.8. The molecule has 3 N–H and O–H groups in total. The first-order valence-corrected chi connectivity index (χ1v) is 8.85. The number of nitrogens with one attached hydrogen (secondary N) is 2. The molecule has 0 spiro atoms. The Morgan fingerprint density at radius 1 is 1.60 bits per heavy atom. The van der Waals surface area contributed by atoms with E-state index in [1.807, 2.05) is 0 Å². The molecule has 1 aromatic heterocycles. The smallest absolute Gasteiger partial charge is 0.327 e. The van der Waals surface area contributed by atoms with Gasteiger partial charge in [-0.1, -0.05) is 0 Å². The number of rotatable bonds is 6. The standard InChI is InChI=1S/C14H20N4O5S2/c1-14(2,3)23-9(20)5-15-10(11(21)22)7-6-25-13(17-7)18-8(19)4-16-12(18)24/h6,10,12,15-16,24H,4-5H2,1-3H3,(H,21,22). The number of carbonyl (C=O) groups is 3. The Hall–Kier alpha value is -1.69. The number of amides is 1. The Morgan fingerprint density at radius 2 is 2.28 bits per heavy atom. The molecule has 11 heteroatoms. The predicted octanol–water partition coefficient (Wildman–Crippen LogP) is 0.350. The third-order valence-corrected chi connectivity index (χ3v) is 4.35. The minimum Gasteiger partial charge on any atom is -0.480 e. The van der Waals surface area contributed by atoms with Crippen molar-refractivity contribution in [2.24, 2.45) is 0 Å². The Balaban J connectivity index is 2.07. The third kappa shape index (κ3) is 5.14. The number of ether oxygens (including phenoxy) is 1. The predicted molar refractivity (Wildman–Crippen MR) is 94.6 cm³/mol. The van der Waals surface area contributed by atoms with Crippen LogP contribution in [0.25, 0.3) is 0 Å². The minimum atomic E-state index is -1.19. The highest BCUT2D eigenvalue weighted by molar-refractivity contribution is 7.81. The van der Waals surface area contributed by atoms with Crippen molar-refractivity contribution in [3.05, 3.63) is 11.1 Å². The van der Waals surface area contributed by atoms with E-state index in [0.29, 0.717) is 5.13 Å². The van der Waals surface area contributed by atoms with Gasteiger partial charge in [0.15, 0.2) is 5.13 Å². The lowest BCUT2D eigenvalue weighted by Crippen LogP contribution is -2.36. The highest BCUT2D eigenvalue weighted by Gasteiger charge is 2.33. The fourth-order valence-corrected chi connectivity index (χ4v) is 3.40. The summed E-state index contributed by atoms with van der Waals surface area (Å²) in [7, 11) is 0. The SMILES string of the molecule is CC(C)(C)OC(=O)CNC(C(=O)O)c1csc(N2C(=O)CNC2S)n1. The van der Waals surface area contributed by atoms with E-state index in [0.717, 1.165) is 11.3 Å². The Bertz CT molecular complexity index is 672. The summed E-state index contributed by atoms with van der Waals surface area (Å²) in [5, 5.41) is 16.7. The fourth-order valence-electron chi connectivity index (χ4n) is 2.10. The second kappa shape index (κ2) is 7.68. The number of thiol groups is 1. The Kier molecular flexibility index (Phi) is 6.03. The summed E-state index contributed by atoms with van der Waals surface area (Å²) in [4.78, 5) is 40.6. The van der Waals surface area contributed by atoms with Gasteiger partial charge in [-0.05, 0) is 20.8 Å². The Labute approximate surface area is 154 Å². The van der Waals surface area contributed by atoms with E-state index in [1.165, 1.54) is 10.3 Å². The van der Waals surface area contributed by atoms with Gasteiger partial charge in [0.25, 0.3) is 0 Å². The maximum absolute atomic E-state index is 11.8. The molecule has 9 nitrogen and oxygen atoms in total. The van der Waals surface area contributed by atoms with Gasteiger partial charge in [0.05, 0.1) is 18.8 Å². The molecule has 1 aliphatic heterocycles. The van der Waals surface area contributed by atoms with Crippen molar-refractivity contribution >= 4 is 46.9 Å². The summed E-state index contributed by atoms with van der Waals surface area (Å²) in [5.41, 5.74) is -0.962. The average Bonchev–Trinajstić information content (AvgIpc) is 3.04. The van der Waals surface area contributed by atoms with Crippen LogP contribution >= 0.6 is 24.0 Å². The fraction of sp³-hybridized carbons (Fsp3) is 0.571. The number of carboxylic acids is 1. The van der Waals surface area contributed by atoms with Crippen LogP contribution in [-0.4, -0.2) is 52.1 Å². The lowest BCUT2D eigenvalue weighted by atomic mass is 10.2. The zero-order valence-corrected chi connectivity index (χ0v) is 15.7. The molecule has 0 saturated carbocycles. The van der Waals surface area contributed by atoms with Crippen molar-refractivity contribution in [3.8, 4) is 0 Å². The first-order valence-electron chi connectivity index (χ1n) is 7.45. The molecule has 138 valence electrons. The van der Waals surface area contributed by atoms with Crippen LogP contribution in [0.15, 0.2) is 5.38 Å². The molecule has 1 aliphatic rings. The highest BCUT2D eigenvalue weighted by atomic mass is 32.1. The molecule has 1 fully saturated rings. The molecule has 0 aromatic carbocycles. The molecule has 0 aliphatic carbocycles. The number of hydrogen-bond donors (Lipinski definition) is 4. The van der Waals surface area contributed by atoms with Gasteiger partial charge in [0.2, 0.25) is 5.91 Å². The van der Waals surface area contributed by atoms with Crippen LogP contribution in [0, 0.1) is 0 Å². The number of carboxylic acid groups (broad SMARTS) is 1. The van der Waals surface area contributed by atoms with E-state index < -0.39 is 29.1 Å². The number of thiazole rings is 1. The number of nitrogens with zero attached hydrogens (tertiary/aromatic N) is 2. The van der Waals surface area contributed by atoms with Crippen LogP contribution in [0.5, 0.6) is 0 Å². The van der Waals surface area contributed by atoms with Gasteiger partial charge in [-0.25, -0.2) is 4.98 Å². The van der Waals surface area contributed by atoms with Crippen LogP contribution in [0.3, 0.4) is 0 Å². The molecule has 1 saturated heterocycles. The summed E-state index contributed by atoms with van der Waals surface area (Å²) in [6.45, 7) is 5.03. The summed E-state index contributed by atoms with van der Waals surface area (Å²) in [6, 6.07) is -1.19. The van der Waals surface area contributed by atoms with E-state index in [-0.39, 0.29) is 24.7 Å². The van der Waals surface area contributed by atoms with E-state index in [2.05, 4.69) is 28.2 Å². The molecule has 2 atom stereocenters. The van der Waals surface area contributed by atoms with Crippen molar-refractivity contribution in [3.63, 3.8) is 0 Å². The van der Waals surface area contributed by atoms with Gasteiger partial charge in [0.1, 0.15) is 17.1 Å². The largest absolute Gasteiger partial charge is 0.480 e. The number of anilines is 1. The van der Waals surface area contributed by atoms with E-state index in [4.69, 9.17) is 4.74 Å². The van der Waals surface area contributed by atoms with Crippen LogP contribution in [0.1, 0.15) is 32.5 Å². The van der Waals surface area contributed by atoms with E-state index in [9.17, 15) is 19.5 Å². The summed E-state index contributed by atoms with van der Waals surface area (Å²) < 4.78 is 5.13. The normalized spacial score (nSPS) is 19.1. The van der Waals surface area contributed by atoms with Crippen LogP contribution in [0.2, 0.25) is 0 Å². The van der Waals surface area contributed by atoms with Crippen LogP contribution < -0.4 is 15.5 Å². The zero-order valence-electron chi connectivity index (χ0n) is 14.0. The van der Waals surface area contributed by atoms with E-state index in [1.54, 1.807) is 20.8 Å². The quantitative estimate of drug-likeness (QED) is 0.407. The summed E-state index contributed by atoms with van der Waals surface area (Å²) in [5.74, 6) is -1.95. The lowest BCUT2D eigenvalue weighted by Gasteiger charge is -2.20. The number of aromatic nitrogens is 1. The van der Waals surface area contributed by atoms with Gasteiger partial charge in [-0.15, -0.1) is 24.0 Å². The second-order valence-corrected chi connectivity index (χ2v) is 7.64. The number of hydrogen-bond acceptors (Lipinski definition) is 9. The molecule has 0 radical (unpaired) electrons. The first-order chi connectivity index (χ1) is 11.6. The molecule has 0 bridgehead atoms. The van der Waals surface area contributed by atoms with Gasteiger partial charge >= 0.3 is 11.9 Å². The number of esters is 1. The van der Waals surface area contributed by atoms with Gasteiger partial charge in [-0.3, -0.25) is 29.9 Å². The van der Waals surface area contributed by atoms with Crippen LogP contribution in [-0.2, 0) is 19.1 Å². The summed E-state index contributed by atoms with van der Waals surface area (Å²) >= 11 is 5.36. The number of aliphatic carboxylic acids is 1. The van der Waals surface area contributed by atoms with Gasteiger partial charge < -0.3 is 9.84 Å². The van der Waals surface area contributed by atoms with Crippen molar-refractivity contribution < 1.29 is 24.2 Å². The lowest BCUT2D eigenvalue weighted by molar-refractivity contribution is -0.154. The molecule has 1 amide bonds. The second-order valence-electron chi connectivity index (χ2n) is 6.31. The highest BCUT2D eigenvalue weighted by Crippen LogP contribution is 2.28. The summed E-state index contributed by atoms with van der Waals surface area (Å²) in [6.07, 6.45) is 0. The molecular formula is C14H20N4O5S2. The maximum atomic E-state index is 11.8. The van der Waals surface area contributed by atoms with Crippen molar-refractivity contribution in [2.75, 3.05) is 18.0 Å².